The largest absolute Gasteiger partial charge is 0.335 e. The Hall–Kier alpha value is -0.890. The SMILES string of the molecule is CN(CC(=O)Nc1ccc(Br)cn1)C(=O)[C@H]1CCCCN1.Cl.Cl. The van der Waals surface area contributed by atoms with Crippen LogP contribution in [0.1, 0.15) is 19.3 Å². The summed E-state index contributed by atoms with van der Waals surface area (Å²) in [5.74, 6) is 0.185. The summed E-state index contributed by atoms with van der Waals surface area (Å²) in [6.45, 7) is 0.883. The highest BCUT2D eigenvalue weighted by atomic mass is 79.9. The number of likely N-dealkylation sites (N-methyl/N-ethyl adjacent to an activating group) is 1. The lowest BCUT2D eigenvalue weighted by atomic mass is 10.0. The van der Waals surface area contributed by atoms with E-state index in [2.05, 4.69) is 31.5 Å². The number of nitrogens with one attached hydrogen (secondary N) is 2. The summed E-state index contributed by atoms with van der Waals surface area (Å²) in [7, 11) is 1.65. The number of hydrogen-bond donors (Lipinski definition) is 2. The number of carbonyl (C=O) groups is 2. The van der Waals surface area contributed by atoms with Crippen LogP contribution in [0.15, 0.2) is 22.8 Å². The lowest BCUT2D eigenvalue weighted by Gasteiger charge is -2.27. The van der Waals surface area contributed by atoms with Gasteiger partial charge >= 0.3 is 0 Å². The van der Waals surface area contributed by atoms with Crippen molar-refractivity contribution >= 4 is 58.4 Å². The Morgan fingerprint density at radius 2 is 2.13 bits per heavy atom. The van der Waals surface area contributed by atoms with Crippen LogP contribution in [-0.2, 0) is 9.59 Å². The van der Waals surface area contributed by atoms with Gasteiger partial charge in [-0.15, -0.1) is 24.8 Å². The highest BCUT2D eigenvalue weighted by Gasteiger charge is 2.24. The van der Waals surface area contributed by atoms with E-state index in [1.807, 2.05) is 0 Å². The zero-order valence-electron chi connectivity index (χ0n) is 12.8. The van der Waals surface area contributed by atoms with Crippen molar-refractivity contribution in [3.05, 3.63) is 22.8 Å². The fourth-order valence-electron chi connectivity index (χ4n) is 2.25. The number of pyridine rings is 1. The number of hydrogen-bond acceptors (Lipinski definition) is 4. The summed E-state index contributed by atoms with van der Waals surface area (Å²) in [6, 6.07) is 3.33. The van der Waals surface area contributed by atoms with Crippen LogP contribution in [0.25, 0.3) is 0 Å². The van der Waals surface area contributed by atoms with Gasteiger partial charge in [0.15, 0.2) is 0 Å². The van der Waals surface area contributed by atoms with E-state index in [9.17, 15) is 9.59 Å². The first-order valence-electron chi connectivity index (χ1n) is 6.96. The number of aromatic nitrogens is 1. The van der Waals surface area contributed by atoms with E-state index in [-0.39, 0.29) is 49.2 Å². The molecule has 1 atom stereocenters. The highest BCUT2D eigenvalue weighted by molar-refractivity contribution is 9.10. The van der Waals surface area contributed by atoms with Gasteiger partial charge < -0.3 is 15.5 Å². The molecule has 1 aliphatic rings. The molecule has 1 fully saturated rings. The van der Waals surface area contributed by atoms with Gasteiger partial charge in [0.05, 0.1) is 12.6 Å². The Kier molecular flexibility index (Phi) is 10.4. The highest BCUT2D eigenvalue weighted by Crippen LogP contribution is 2.11. The van der Waals surface area contributed by atoms with Gasteiger partial charge in [-0.3, -0.25) is 9.59 Å². The van der Waals surface area contributed by atoms with E-state index in [0.717, 1.165) is 30.3 Å². The molecule has 2 rings (SSSR count). The summed E-state index contributed by atoms with van der Waals surface area (Å²) in [4.78, 5) is 29.6. The van der Waals surface area contributed by atoms with Crippen LogP contribution in [0, 0.1) is 0 Å². The van der Waals surface area contributed by atoms with Crippen molar-refractivity contribution in [2.75, 3.05) is 25.5 Å². The molecule has 1 aromatic rings. The van der Waals surface area contributed by atoms with Crippen molar-refractivity contribution in [2.45, 2.75) is 25.3 Å². The topological polar surface area (TPSA) is 74.3 Å². The van der Waals surface area contributed by atoms with Crippen LogP contribution in [0.5, 0.6) is 0 Å². The Bertz CT molecular complexity index is 510. The molecule has 0 aliphatic carbocycles. The maximum atomic E-state index is 12.2. The number of rotatable bonds is 4. The zero-order valence-corrected chi connectivity index (χ0v) is 16.0. The van der Waals surface area contributed by atoms with Crippen LogP contribution in [0.4, 0.5) is 5.82 Å². The standard InChI is InChI=1S/C14H19BrN4O2.2ClH/c1-19(14(21)11-4-2-3-7-16-11)9-13(20)18-12-6-5-10(15)8-17-12;;/h5-6,8,11,16H,2-4,7,9H2,1H3,(H,17,18,20);2*1H/t11-;;/m1../s1. The molecule has 0 radical (unpaired) electrons. The van der Waals surface area contributed by atoms with Gasteiger partial charge in [0.25, 0.3) is 0 Å². The molecule has 23 heavy (non-hydrogen) atoms. The number of halogens is 3. The number of amides is 2. The molecule has 0 spiro atoms. The fourth-order valence-corrected chi connectivity index (χ4v) is 2.49. The second-order valence-corrected chi connectivity index (χ2v) is 6.02. The van der Waals surface area contributed by atoms with E-state index >= 15 is 0 Å². The average molecular weight is 428 g/mol. The molecular formula is C14H21BrCl2N4O2. The van der Waals surface area contributed by atoms with Crippen molar-refractivity contribution in [1.82, 2.24) is 15.2 Å². The minimum absolute atomic E-state index is 0. The fraction of sp³-hybridized carbons (Fsp3) is 0.500. The minimum Gasteiger partial charge on any atom is -0.335 e. The molecule has 9 heteroatoms. The van der Waals surface area contributed by atoms with Crippen molar-refractivity contribution in [3.63, 3.8) is 0 Å². The van der Waals surface area contributed by atoms with Crippen LogP contribution in [-0.4, -0.2) is 47.9 Å². The third-order valence-electron chi connectivity index (χ3n) is 3.36. The van der Waals surface area contributed by atoms with E-state index < -0.39 is 0 Å². The van der Waals surface area contributed by atoms with Crippen molar-refractivity contribution < 1.29 is 9.59 Å². The van der Waals surface area contributed by atoms with Crippen LogP contribution < -0.4 is 10.6 Å². The van der Waals surface area contributed by atoms with Gasteiger partial charge in [0, 0.05) is 17.7 Å². The molecule has 0 aromatic carbocycles. The number of piperidine rings is 1. The monoisotopic (exact) mass is 426 g/mol. The summed E-state index contributed by atoms with van der Waals surface area (Å²) in [5, 5.41) is 5.86. The Labute approximate surface area is 156 Å². The minimum atomic E-state index is -0.253. The first-order chi connectivity index (χ1) is 10.1. The smallest absolute Gasteiger partial charge is 0.245 e. The summed E-state index contributed by atoms with van der Waals surface area (Å²) < 4.78 is 0.844. The Morgan fingerprint density at radius 3 is 2.70 bits per heavy atom. The second-order valence-electron chi connectivity index (χ2n) is 5.11. The molecule has 1 aliphatic heterocycles. The van der Waals surface area contributed by atoms with E-state index in [0.29, 0.717) is 5.82 Å². The molecule has 0 saturated carbocycles. The molecule has 1 aromatic heterocycles. The summed E-state index contributed by atoms with van der Waals surface area (Å²) >= 11 is 3.28. The lowest BCUT2D eigenvalue weighted by Crippen LogP contribution is -2.49. The predicted octanol–water partition coefficient (Wildman–Crippen LogP) is 2.23. The van der Waals surface area contributed by atoms with E-state index in [1.54, 1.807) is 25.4 Å². The Balaban J connectivity index is 0.00000242. The zero-order chi connectivity index (χ0) is 15.2. The van der Waals surface area contributed by atoms with Gasteiger partial charge in [-0.2, -0.15) is 0 Å². The molecule has 0 unspecified atom stereocenters. The molecule has 0 bridgehead atoms. The Morgan fingerprint density at radius 1 is 1.39 bits per heavy atom. The predicted molar refractivity (Wildman–Crippen MR) is 98.3 cm³/mol. The molecular weight excluding hydrogens is 407 g/mol. The first-order valence-corrected chi connectivity index (χ1v) is 7.75. The van der Waals surface area contributed by atoms with E-state index in [4.69, 9.17) is 0 Å². The molecule has 130 valence electrons. The normalized spacial score (nSPS) is 16.5. The first kappa shape index (κ1) is 22.1. The van der Waals surface area contributed by atoms with Gasteiger partial charge in [-0.25, -0.2) is 4.98 Å². The van der Waals surface area contributed by atoms with Crippen LogP contribution in [0.3, 0.4) is 0 Å². The van der Waals surface area contributed by atoms with Crippen LogP contribution >= 0.6 is 40.7 Å². The van der Waals surface area contributed by atoms with Crippen molar-refractivity contribution in [1.29, 1.82) is 0 Å². The molecule has 1 saturated heterocycles. The van der Waals surface area contributed by atoms with Gasteiger partial charge in [0.1, 0.15) is 5.82 Å². The molecule has 2 amide bonds. The lowest BCUT2D eigenvalue weighted by molar-refractivity contribution is -0.135. The second kappa shape index (κ2) is 10.8. The molecule has 2 N–H and O–H groups in total. The number of anilines is 1. The quantitative estimate of drug-likeness (QED) is 0.772. The van der Waals surface area contributed by atoms with Gasteiger partial charge in [-0.05, 0) is 47.4 Å². The van der Waals surface area contributed by atoms with Crippen molar-refractivity contribution in [3.8, 4) is 0 Å². The van der Waals surface area contributed by atoms with Gasteiger partial charge in [-0.1, -0.05) is 6.42 Å². The van der Waals surface area contributed by atoms with E-state index in [1.165, 1.54) is 4.90 Å². The third-order valence-corrected chi connectivity index (χ3v) is 3.83. The average Bonchev–Trinajstić information content (AvgIpc) is 2.49. The third kappa shape index (κ3) is 7.03. The maximum absolute atomic E-state index is 12.2. The maximum Gasteiger partial charge on any atom is 0.245 e. The number of carbonyl (C=O) groups excluding carboxylic acids is 2. The van der Waals surface area contributed by atoms with Crippen molar-refractivity contribution in [2.24, 2.45) is 0 Å². The summed E-state index contributed by atoms with van der Waals surface area (Å²) in [6.07, 6.45) is 4.59. The van der Waals surface area contributed by atoms with Gasteiger partial charge in [0.2, 0.25) is 11.8 Å². The molecule has 6 nitrogen and oxygen atoms in total. The molecule has 2 heterocycles. The van der Waals surface area contributed by atoms with Crippen LogP contribution in [0.2, 0.25) is 0 Å². The summed E-state index contributed by atoms with van der Waals surface area (Å²) in [5.41, 5.74) is 0. The number of nitrogens with zero attached hydrogens (tertiary/aromatic N) is 2.